The Bertz CT molecular complexity index is 901. The molecule has 1 aliphatic rings. The van der Waals surface area contributed by atoms with Gasteiger partial charge in [0.1, 0.15) is 6.61 Å². The molecule has 0 saturated heterocycles. The van der Waals surface area contributed by atoms with Crippen molar-refractivity contribution >= 4 is 12.1 Å². The second kappa shape index (κ2) is 14.0. The van der Waals surface area contributed by atoms with Gasteiger partial charge in [0.25, 0.3) is 6.43 Å². The smallest absolute Gasteiger partial charge is 0.407 e. The molecule has 0 saturated carbocycles. The van der Waals surface area contributed by atoms with Crippen LogP contribution >= 0.6 is 0 Å². The summed E-state index contributed by atoms with van der Waals surface area (Å²) in [6.07, 6.45) is 11.2. The van der Waals surface area contributed by atoms with Gasteiger partial charge in [-0.05, 0) is 69.9 Å². The van der Waals surface area contributed by atoms with E-state index in [4.69, 9.17) is 15.6 Å². The van der Waals surface area contributed by atoms with Gasteiger partial charge in [0, 0.05) is 6.54 Å². The predicted octanol–water partition coefficient (Wildman–Crippen LogP) is 6.07. The van der Waals surface area contributed by atoms with Gasteiger partial charge in [0.15, 0.2) is 5.54 Å². The van der Waals surface area contributed by atoms with Crippen molar-refractivity contribution in [2.75, 3.05) is 13.2 Å². The highest BCUT2D eigenvalue weighted by Crippen LogP contribution is 2.40. The molecule has 8 heteroatoms. The van der Waals surface area contributed by atoms with Crippen molar-refractivity contribution in [1.29, 1.82) is 0 Å². The molecular formula is C27H40F2N2O4. The predicted molar refractivity (Wildman–Crippen MR) is 135 cm³/mol. The van der Waals surface area contributed by atoms with Crippen LogP contribution in [0.25, 0.3) is 0 Å². The van der Waals surface area contributed by atoms with E-state index in [9.17, 15) is 18.4 Å². The highest BCUT2D eigenvalue weighted by Gasteiger charge is 2.43. The highest BCUT2D eigenvalue weighted by molar-refractivity contribution is 5.79. The zero-order valence-electron chi connectivity index (χ0n) is 21.5. The topological polar surface area (TPSA) is 102 Å². The summed E-state index contributed by atoms with van der Waals surface area (Å²) in [4.78, 5) is 22.6. The Balaban J connectivity index is 2.43. The van der Waals surface area contributed by atoms with Crippen molar-refractivity contribution < 1.29 is 28.2 Å². The third kappa shape index (κ3) is 10.2. The van der Waals surface area contributed by atoms with Crippen LogP contribution in [0.4, 0.5) is 13.6 Å². The third-order valence-electron chi connectivity index (χ3n) is 6.22. The normalized spacial score (nSPS) is 18.9. The standard InChI is InChI=1S/C27H40F2N2O4/c1-19(12-13-22-21(3)11-7-15-26(22,4)5)9-6-10-20(2)14-18-35-25(34)31-17-8-16-27(30,23(28)29)24(32)33/h6,9-10,12-14,23H,7-8,11,15-18,30H2,1-5H3,(H,31,34)(H,32,33)/b10-6+,13-12+,19-9+,20-14+. The molecule has 35 heavy (non-hydrogen) atoms. The zero-order valence-corrected chi connectivity index (χ0v) is 21.5. The Labute approximate surface area is 207 Å². The van der Waals surface area contributed by atoms with Crippen molar-refractivity contribution in [2.24, 2.45) is 11.1 Å². The maximum Gasteiger partial charge on any atom is 0.407 e. The Hall–Kier alpha value is -2.74. The molecule has 1 atom stereocenters. The molecule has 0 fully saturated rings. The Kier molecular flexibility index (Phi) is 12.1. The van der Waals surface area contributed by atoms with Crippen LogP contribution in [-0.2, 0) is 9.53 Å². The van der Waals surface area contributed by atoms with Gasteiger partial charge in [-0.1, -0.05) is 60.9 Å². The van der Waals surface area contributed by atoms with Crippen LogP contribution in [0.1, 0.15) is 66.7 Å². The first-order chi connectivity index (χ1) is 16.3. The lowest BCUT2D eigenvalue weighted by Crippen LogP contribution is -2.54. The molecule has 0 aliphatic heterocycles. The maximum absolute atomic E-state index is 12.8. The summed E-state index contributed by atoms with van der Waals surface area (Å²) in [7, 11) is 0. The Morgan fingerprint density at radius 3 is 2.54 bits per heavy atom. The number of carboxylic acid groups (broad SMARTS) is 1. The summed E-state index contributed by atoms with van der Waals surface area (Å²) in [5, 5.41) is 11.2. The first-order valence-corrected chi connectivity index (χ1v) is 11.9. The van der Waals surface area contributed by atoms with Crippen LogP contribution in [0.3, 0.4) is 0 Å². The number of ether oxygens (including phenoxy) is 1. The Morgan fingerprint density at radius 2 is 1.94 bits per heavy atom. The minimum Gasteiger partial charge on any atom is -0.480 e. The summed E-state index contributed by atoms with van der Waals surface area (Å²) in [5.41, 5.74) is 7.73. The van der Waals surface area contributed by atoms with Gasteiger partial charge in [-0.15, -0.1) is 0 Å². The number of nitrogens with one attached hydrogen (secondary N) is 1. The number of aliphatic carboxylic acids is 1. The summed E-state index contributed by atoms with van der Waals surface area (Å²) in [6.45, 7) is 10.8. The number of carbonyl (C=O) groups is 2. The SMILES string of the molecule is CC1=C(/C=C/C(C)=C/C=C/C(C)=C/COC(=O)NCCCC(N)(C(=O)O)C(F)F)C(C)(C)CCC1. The van der Waals surface area contributed by atoms with Gasteiger partial charge in [0.2, 0.25) is 0 Å². The average molecular weight is 495 g/mol. The van der Waals surface area contributed by atoms with E-state index in [-0.39, 0.29) is 25.0 Å². The van der Waals surface area contributed by atoms with Gasteiger partial charge < -0.3 is 20.9 Å². The molecule has 196 valence electrons. The quantitative estimate of drug-likeness (QED) is 0.226. The van der Waals surface area contributed by atoms with E-state index < -0.39 is 30.4 Å². The number of carbonyl (C=O) groups excluding carboxylic acids is 1. The van der Waals surface area contributed by atoms with Gasteiger partial charge in [-0.2, -0.15) is 0 Å². The molecule has 0 bridgehead atoms. The summed E-state index contributed by atoms with van der Waals surface area (Å²) < 4.78 is 30.6. The summed E-state index contributed by atoms with van der Waals surface area (Å²) in [5.74, 6) is -1.77. The number of alkyl halides is 2. The van der Waals surface area contributed by atoms with Crippen LogP contribution in [0.15, 0.2) is 58.7 Å². The van der Waals surface area contributed by atoms with Gasteiger partial charge >= 0.3 is 12.1 Å². The van der Waals surface area contributed by atoms with Crippen molar-refractivity contribution in [3.05, 3.63) is 58.7 Å². The lowest BCUT2D eigenvalue weighted by atomic mass is 9.72. The van der Waals surface area contributed by atoms with E-state index in [1.165, 1.54) is 24.0 Å². The molecule has 1 aliphatic carbocycles. The largest absolute Gasteiger partial charge is 0.480 e. The molecule has 0 aromatic carbocycles. The number of amides is 1. The number of nitrogens with two attached hydrogens (primary N) is 1. The molecule has 0 spiro atoms. The summed E-state index contributed by atoms with van der Waals surface area (Å²) in [6, 6.07) is 0. The zero-order chi connectivity index (χ0) is 26.6. The number of allylic oxidation sites excluding steroid dienone is 9. The molecule has 0 aromatic heterocycles. The molecular weight excluding hydrogens is 454 g/mol. The molecule has 6 nitrogen and oxygen atoms in total. The molecule has 1 amide bonds. The number of hydrogen-bond donors (Lipinski definition) is 3. The van der Waals surface area contributed by atoms with Crippen molar-refractivity contribution in [2.45, 2.75) is 78.7 Å². The van der Waals surface area contributed by atoms with Crippen LogP contribution in [0, 0.1) is 5.41 Å². The maximum atomic E-state index is 12.8. The molecule has 1 unspecified atom stereocenters. The minimum atomic E-state index is -3.20. The van der Waals surface area contributed by atoms with E-state index in [0.29, 0.717) is 0 Å². The van der Waals surface area contributed by atoms with Crippen LogP contribution < -0.4 is 11.1 Å². The van der Waals surface area contributed by atoms with Crippen molar-refractivity contribution in [3.63, 3.8) is 0 Å². The van der Waals surface area contributed by atoms with Crippen LogP contribution in [0.2, 0.25) is 0 Å². The summed E-state index contributed by atoms with van der Waals surface area (Å²) >= 11 is 0. The van der Waals surface area contributed by atoms with Crippen LogP contribution in [-0.4, -0.2) is 42.3 Å². The molecule has 4 N–H and O–H groups in total. The van der Waals surface area contributed by atoms with E-state index >= 15 is 0 Å². The van der Waals surface area contributed by atoms with Gasteiger partial charge in [-0.25, -0.2) is 18.4 Å². The van der Waals surface area contributed by atoms with Crippen LogP contribution in [0.5, 0.6) is 0 Å². The van der Waals surface area contributed by atoms with E-state index in [0.717, 1.165) is 17.6 Å². The van der Waals surface area contributed by atoms with E-state index in [2.05, 4.69) is 38.2 Å². The fraction of sp³-hybridized carbons (Fsp3) is 0.556. The lowest BCUT2D eigenvalue weighted by Gasteiger charge is -2.32. The third-order valence-corrected chi connectivity index (χ3v) is 6.22. The second-order valence-electron chi connectivity index (χ2n) is 9.76. The fourth-order valence-electron chi connectivity index (χ4n) is 3.88. The minimum absolute atomic E-state index is 0.0195. The Morgan fingerprint density at radius 1 is 1.26 bits per heavy atom. The van der Waals surface area contributed by atoms with E-state index in [1.54, 1.807) is 6.08 Å². The molecule has 0 radical (unpaired) electrons. The van der Waals surface area contributed by atoms with Gasteiger partial charge in [0.05, 0.1) is 0 Å². The van der Waals surface area contributed by atoms with Crippen molar-refractivity contribution in [3.8, 4) is 0 Å². The first kappa shape index (κ1) is 30.3. The monoisotopic (exact) mass is 494 g/mol. The van der Waals surface area contributed by atoms with Gasteiger partial charge in [-0.3, -0.25) is 0 Å². The average Bonchev–Trinajstić information content (AvgIpc) is 2.75. The number of rotatable bonds is 12. The highest BCUT2D eigenvalue weighted by atomic mass is 19.3. The fourth-order valence-corrected chi connectivity index (χ4v) is 3.88. The van der Waals surface area contributed by atoms with E-state index in [1.807, 2.05) is 32.1 Å². The lowest BCUT2D eigenvalue weighted by molar-refractivity contribution is -0.150. The number of alkyl carbamates (subject to hydrolysis) is 1. The first-order valence-electron chi connectivity index (χ1n) is 11.9. The van der Waals surface area contributed by atoms with Crippen molar-refractivity contribution in [1.82, 2.24) is 5.32 Å². The number of halogens is 2. The molecule has 1 rings (SSSR count). The molecule has 0 heterocycles. The second-order valence-corrected chi connectivity index (χ2v) is 9.76. The molecule has 0 aromatic rings. The number of carboxylic acids is 1. The number of hydrogen-bond acceptors (Lipinski definition) is 4.